The lowest BCUT2D eigenvalue weighted by Gasteiger charge is -2.36. The van der Waals surface area contributed by atoms with Crippen LogP contribution < -0.4 is 0 Å². The summed E-state index contributed by atoms with van der Waals surface area (Å²) < 4.78 is 15.9. The predicted octanol–water partition coefficient (Wildman–Crippen LogP) is 2.71. The second-order valence-corrected chi connectivity index (χ2v) is 4.49. The number of rotatable bonds is 3. The van der Waals surface area contributed by atoms with Crippen molar-refractivity contribution in [1.82, 2.24) is 0 Å². The zero-order chi connectivity index (χ0) is 9.03. The van der Waals surface area contributed by atoms with Crippen LogP contribution in [-0.2, 0) is 13.6 Å². The zero-order valence-electron chi connectivity index (χ0n) is 8.00. The Morgan fingerprint density at radius 1 is 1.25 bits per heavy atom. The first kappa shape index (κ1) is 10.4. The summed E-state index contributed by atoms with van der Waals surface area (Å²) in [6, 6.07) is 0. The van der Waals surface area contributed by atoms with E-state index in [1.165, 1.54) is 0 Å². The molecule has 1 rings (SSSR count). The van der Waals surface area contributed by atoms with E-state index in [9.17, 15) is 0 Å². The predicted molar refractivity (Wildman–Crippen MR) is 48.8 cm³/mol. The van der Waals surface area contributed by atoms with Crippen LogP contribution in [0, 0.1) is 5.41 Å². The second kappa shape index (κ2) is 4.52. The van der Waals surface area contributed by atoms with Gasteiger partial charge in [-0.2, -0.15) is 0 Å². The molecule has 12 heavy (non-hydrogen) atoms. The minimum absolute atomic E-state index is 0.233. The van der Waals surface area contributed by atoms with Crippen molar-refractivity contribution < 1.29 is 13.6 Å². The van der Waals surface area contributed by atoms with Gasteiger partial charge in [-0.15, -0.1) is 0 Å². The third-order valence-corrected chi connectivity index (χ3v) is 3.58. The fraction of sp³-hybridized carbons (Fsp3) is 1.00. The molecule has 0 N–H and O–H groups in total. The smallest absolute Gasteiger partial charge is 0.316 e. The van der Waals surface area contributed by atoms with Gasteiger partial charge in [0.2, 0.25) is 0 Å². The van der Waals surface area contributed by atoms with E-state index in [1.807, 2.05) is 0 Å². The summed E-state index contributed by atoms with van der Waals surface area (Å²) in [4.78, 5) is 0. The molecule has 1 aliphatic rings. The second-order valence-electron chi connectivity index (χ2n) is 3.16. The molecule has 0 bridgehead atoms. The Balaban J connectivity index is 2.42. The van der Waals surface area contributed by atoms with Crippen molar-refractivity contribution in [2.75, 3.05) is 20.3 Å². The highest BCUT2D eigenvalue weighted by molar-refractivity contribution is 7.41. The lowest BCUT2D eigenvalue weighted by molar-refractivity contribution is 0.00579. The molecule has 0 aliphatic carbocycles. The molecule has 0 aromatic heterocycles. The van der Waals surface area contributed by atoms with E-state index in [0.717, 1.165) is 26.1 Å². The van der Waals surface area contributed by atoms with Gasteiger partial charge >= 0.3 is 8.60 Å². The molecule has 0 atom stereocenters. The van der Waals surface area contributed by atoms with E-state index in [0.29, 0.717) is 0 Å². The molecule has 0 unspecified atom stereocenters. The summed E-state index contributed by atoms with van der Waals surface area (Å²) in [6.45, 7) is 5.91. The fourth-order valence-corrected chi connectivity index (χ4v) is 2.27. The van der Waals surface area contributed by atoms with Crippen LogP contribution >= 0.6 is 8.60 Å². The van der Waals surface area contributed by atoms with Crippen LogP contribution in [0.1, 0.15) is 26.7 Å². The third-order valence-electron chi connectivity index (χ3n) is 2.60. The molecule has 1 aliphatic heterocycles. The van der Waals surface area contributed by atoms with Gasteiger partial charge in [0, 0.05) is 12.5 Å². The molecule has 72 valence electrons. The number of hydrogen-bond acceptors (Lipinski definition) is 3. The van der Waals surface area contributed by atoms with Gasteiger partial charge in [-0.3, -0.25) is 0 Å². The Morgan fingerprint density at radius 2 is 1.75 bits per heavy atom. The normalized spacial score (nSPS) is 24.2. The largest absolute Gasteiger partial charge is 0.332 e. The maximum Gasteiger partial charge on any atom is 0.332 e. The highest BCUT2D eigenvalue weighted by Gasteiger charge is 2.34. The fourth-order valence-electron chi connectivity index (χ4n) is 1.22. The van der Waals surface area contributed by atoms with E-state index < -0.39 is 8.60 Å². The first-order valence-electron chi connectivity index (χ1n) is 4.36. The van der Waals surface area contributed by atoms with Gasteiger partial charge in [0.05, 0.1) is 13.2 Å². The monoisotopic (exact) mass is 192 g/mol. The molecular formula is C8H17O3P. The van der Waals surface area contributed by atoms with Gasteiger partial charge in [0.1, 0.15) is 0 Å². The van der Waals surface area contributed by atoms with Gasteiger partial charge in [-0.25, -0.2) is 0 Å². The van der Waals surface area contributed by atoms with Crippen LogP contribution in [0.3, 0.4) is 0 Å². The van der Waals surface area contributed by atoms with E-state index in [2.05, 4.69) is 13.8 Å². The summed E-state index contributed by atoms with van der Waals surface area (Å²) in [5.41, 5.74) is 0.233. The Labute approximate surface area is 75.4 Å². The topological polar surface area (TPSA) is 27.7 Å². The molecule has 3 nitrogen and oxygen atoms in total. The summed E-state index contributed by atoms with van der Waals surface area (Å²) in [5.74, 6) is 0. The van der Waals surface area contributed by atoms with Crippen LogP contribution in [0.15, 0.2) is 0 Å². The van der Waals surface area contributed by atoms with Crippen LogP contribution in [0.25, 0.3) is 0 Å². The van der Waals surface area contributed by atoms with Crippen molar-refractivity contribution in [3.8, 4) is 0 Å². The molecule has 0 radical (unpaired) electrons. The quantitative estimate of drug-likeness (QED) is 0.643. The summed E-state index contributed by atoms with van der Waals surface area (Å²) in [5, 5.41) is 0. The molecule has 0 amide bonds. The third kappa shape index (κ3) is 2.17. The molecule has 0 spiro atoms. The maximum atomic E-state index is 5.45. The summed E-state index contributed by atoms with van der Waals surface area (Å²) in [6.07, 6.45) is 2.22. The van der Waals surface area contributed by atoms with Crippen molar-refractivity contribution in [1.29, 1.82) is 0 Å². The Kier molecular flexibility index (Phi) is 3.91. The van der Waals surface area contributed by atoms with Gasteiger partial charge in [0.25, 0.3) is 0 Å². The van der Waals surface area contributed by atoms with Crippen molar-refractivity contribution in [2.45, 2.75) is 26.7 Å². The molecule has 1 fully saturated rings. The van der Waals surface area contributed by atoms with Gasteiger partial charge in [-0.1, -0.05) is 13.8 Å². The molecule has 1 heterocycles. The minimum atomic E-state index is -1.04. The van der Waals surface area contributed by atoms with E-state index in [4.69, 9.17) is 13.6 Å². The molecule has 0 aromatic rings. The molecule has 0 aromatic carbocycles. The average molecular weight is 192 g/mol. The Morgan fingerprint density at radius 3 is 2.08 bits per heavy atom. The first-order chi connectivity index (χ1) is 5.76. The van der Waals surface area contributed by atoms with Gasteiger partial charge in [-0.05, 0) is 12.8 Å². The van der Waals surface area contributed by atoms with Crippen LogP contribution in [0.2, 0.25) is 0 Å². The molecular weight excluding hydrogens is 175 g/mol. The van der Waals surface area contributed by atoms with E-state index in [-0.39, 0.29) is 5.41 Å². The standard InChI is InChI=1S/C8H17O3P/c1-4-8(5-2)6-10-12(9-3)11-7-8/h4-7H2,1-3H3. The van der Waals surface area contributed by atoms with E-state index in [1.54, 1.807) is 7.11 Å². The lowest BCUT2D eigenvalue weighted by atomic mass is 9.84. The average Bonchev–Trinajstić information content (AvgIpc) is 2.18. The number of hydrogen-bond donors (Lipinski definition) is 0. The van der Waals surface area contributed by atoms with Crippen LogP contribution in [0.5, 0.6) is 0 Å². The van der Waals surface area contributed by atoms with Gasteiger partial charge < -0.3 is 13.6 Å². The van der Waals surface area contributed by atoms with Crippen LogP contribution in [-0.4, -0.2) is 20.3 Å². The summed E-state index contributed by atoms with van der Waals surface area (Å²) >= 11 is 0. The molecule has 4 heteroatoms. The van der Waals surface area contributed by atoms with Crippen molar-refractivity contribution in [2.24, 2.45) is 5.41 Å². The van der Waals surface area contributed by atoms with Crippen molar-refractivity contribution in [3.05, 3.63) is 0 Å². The van der Waals surface area contributed by atoms with Crippen molar-refractivity contribution >= 4 is 8.60 Å². The first-order valence-corrected chi connectivity index (χ1v) is 5.46. The van der Waals surface area contributed by atoms with Crippen molar-refractivity contribution in [3.63, 3.8) is 0 Å². The SMILES string of the molecule is CCC1(CC)COP(OC)OC1. The highest BCUT2D eigenvalue weighted by Crippen LogP contribution is 2.48. The minimum Gasteiger partial charge on any atom is -0.316 e. The lowest BCUT2D eigenvalue weighted by Crippen LogP contribution is -2.33. The van der Waals surface area contributed by atoms with E-state index >= 15 is 0 Å². The Bertz CT molecular complexity index is 126. The van der Waals surface area contributed by atoms with Crippen LogP contribution in [0.4, 0.5) is 0 Å². The Hall–Kier alpha value is 0.310. The highest BCUT2D eigenvalue weighted by atomic mass is 31.2. The summed E-state index contributed by atoms with van der Waals surface area (Å²) in [7, 11) is 0.582. The maximum absolute atomic E-state index is 5.45. The van der Waals surface area contributed by atoms with Gasteiger partial charge in [0.15, 0.2) is 0 Å². The molecule has 0 saturated carbocycles. The molecule has 1 saturated heterocycles. The zero-order valence-corrected chi connectivity index (χ0v) is 8.89.